The number of rotatable bonds is 4. The minimum Gasteiger partial charge on any atom is -0.464 e. The van der Waals surface area contributed by atoms with E-state index in [1.165, 1.54) is 11.8 Å². The number of hydrogen-bond acceptors (Lipinski definition) is 6. The summed E-state index contributed by atoms with van der Waals surface area (Å²) >= 11 is 1.33. The number of fused-ring (bicyclic) bond motifs is 1. The van der Waals surface area contributed by atoms with Crippen LogP contribution in [-0.4, -0.2) is 35.0 Å². The third kappa shape index (κ3) is 3.16. The van der Waals surface area contributed by atoms with Crippen LogP contribution in [0.5, 0.6) is 0 Å². The fourth-order valence-corrected chi connectivity index (χ4v) is 3.55. The summed E-state index contributed by atoms with van der Waals surface area (Å²) in [6.07, 6.45) is 2.44. The first-order valence-corrected chi connectivity index (χ1v) is 8.39. The molecule has 0 aliphatic carbocycles. The molecule has 0 bridgehead atoms. The van der Waals surface area contributed by atoms with E-state index in [9.17, 15) is 10.1 Å². The van der Waals surface area contributed by atoms with Crippen LogP contribution in [0.1, 0.15) is 23.7 Å². The summed E-state index contributed by atoms with van der Waals surface area (Å²) in [4.78, 5) is 18.2. The lowest BCUT2D eigenvalue weighted by atomic mass is 9.95. The zero-order valence-electron chi connectivity index (χ0n) is 13.1. The second-order valence-electron chi connectivity index (χ2n) is 5.66. The summed E-state index contributed by atoms with van der Waals surface area (Å²) in [5.74, 6) is 1.07. The molecule has 0 aromatic carbocycles. The molecule has 1 aliphatic rings. The standard InChI is InChI=1S/C17H17N3O2S/c1-11(21)10-23-17-12(8-18)16(15-4-3-7-22-15)13-9-20(2)6-5-14(13)19-17/h3-4,7H,5-6,9-10H2,1-2H3. The number of nitrogens with zero attached hydrogens (tertiary/aromatic N) is 3. The van der Waals surface area contributed by atoms with Crippen molar-refractivity contribution in [1.82, 2.24) is 9.88 Å². The molecule has 0 atom stereocenters. The summed E-state index contributed by atoms with van der Waals surface area (Å²) in [6.45, 7) is 3.21. The SMILES string of the molecule is CC(=O)CSc1nc2c(c(-c3ccco3)c1C#N)CN(C)CC2. The first-order valence-electron chi connectivity index (χ1n) is 7.40. The Morgan fingerprint density at radius 2 is 2.39 bits per heavy atom. The highest BCUT2D eigenvalue weighted by atomic mass is 32.2. The van der Waals surface area contributed by atoms with Gasteiger partial charge >= 0.3 is 0 Å². The van der Waals surface area contributed by atoms with Crippen LogP contribution in [0.3, 0.4) is 0 Å². The molecule has 0 saturated carbocycles. The first-order chi connectivity index (χ1) is 11.1. The molecular formula is C17H17N3O2S. The highest BCUT2D eigenvalue weighted by Gasteiger charge is 2.26. The second-order valence-corrected chi connectivity index (χ2v) is 6.62. The average molecular weight is 327 g/mol. The average Bonchev–Trinajstić information content (AvgIpc) is 3.05. The van der Waals surface area contributed by atoms with E-state index in [4.69, 9.17) is 4.42 Å². The Kier molecular flexibility index (Phi) is 4.51. The Balaban J connectivity index is 2.19. The molecular weight excluding hydrogens is 310 g/mol. The lowest BCUT2D eigenvalue weighted by Gasteiger charge is -2.27. The van der Waals surface area contributed by atoms with Gasteiger partial charge < -0.3 is 9.32 Å². The Morgan fingerprint density at radius 1 is 1.57 bits per heavy atom. The number of thioether (sulfide) groups is 1. The number of Topliss-reactive ketones (excluding diaryl/α,β-unsaturated/α-hetero) is 1. The number of likely N-dealkylation sites (N-methyl/N-ethyl adjacent to an activating group) is 1. The molecule has 0 fully saturated rings. The minimum atomic E-state index is 0.0673. The molecule has 0 radical (unpaired) electrons. The number of carbonyl (C=O) groups excluding carboxylic acids is 1. The van der Waals surface area contributed by atoms with Crippen LogP contribution >= 0.6 is 11.8 Å². The van der Waals surface area contributed by atoms with Crippen LogP contribution in [0.4, 0.5) is 0 Å². The highest BCUT2D eigenvalue weighted by molar-refractivity contribution is 8.00. The van der Waals surface area contributed by atoms with E-state index in [2.05, 4.69) is 23.0 Å². The van der Waals surface area contributed by atoms with Crippen LogP contribution in [0.25, 0.3) is 11.3 Å². The van der Waals surface area contributed by atoms with Crippen LogP contribution < -0.4 is 0 Å². The molecule has 6 heteroatoms. The number of aromatic nitrogens is 1. The van der Waals surface area contributed by atoms with Gasteiger partial charge in [-0.1, -0.05) is 11.8 Å². The number of ketones is 1. The zero-order valence-corrected chi connectivity index (χ0v) is 13.9. The first kappa shape index (κ1) is 15.8. The number of carbonyl (C=O) groups is 1. The van der Waals surface area contributed by atoms with Crippen LogP contribution in [-0.2, 0) is 17.8 Å². The summed E-state index contributed by atoms with van der Waals surface area (Å²) in [5.41, 5.74) is 3.37. The molecule has 1 aliphatic heterocycles. The van der Waals surface area contributed by atoms with E-state index >= 15 is 0 Å². The van der Waals surface area contributed by atoms with Crippen molar-refractivity contribution in [3.8, 4) is 17.4 Å². The molecule has 0 spiro atoms. The maximum atomic E-state index is 11.3. The molecule has 0 saturated heterocycles. The van der Waals surface area contributed by atoms with Crippen LogP contribution in [0, 0.1) is 11.3 Å². The molecule has 3 rings (SSSR count). The molecule has 118 valence electrons. The summed E-state index contributed by atoms with van der Waals surface area (Å²) in [6, 6.07) is 5.95. The van der Waals surface area contributed by atoms with Gasteiger partial charge in [-0.05, 0) is 26.1 Å². The van der Waals surface area contributed by atoms with Gasteiger partial charge in [-0.25, -0.2) is 4.98 Å². The molecule has 0 amide bonds. The van der Waals surface area contributed by atoms with E-state index in [0.717, 1.165) is 36.3 Å². The van der Waals surface area contributed by atoms with E-state index in [0.29, 0.717) is 22.1 Å². The molecule has 5 nitrogen and oxygen atoms in total. The number of furan rings is 1. The van der Waals surface area contributed by atoms with E-state index < -0.39 is 0 Å². The maximum Gasteiger partial charge on any atom is 0.140 e. The van der Waals surface area contributed by atoms with Gasteiger partial charge in [-0.3, -0.25) is 4.79 Å². The van der Waals surface area contributed by atoms with Crippen molar-refractivity contribution < 1.29 is 9.21 Å². The van der Waals surface area contributed by atoms with Gasteiger partial charge in [0, 0.05) is 36.3 Å². The third-order valence-electron chi connectivity index (χ3n) is 3.80. The molecule has 0 unspecified atom stereocenters. The predicted octanol–water partition coefficient (Wildman–Crippen LogP) is 2.88. The summed E-state index contributed by atoms with van der Waals surface area (Å²) in [7, 11) is 2.05. The highest BCUT2D eigenvalue weighted by Crippen LogP contribution is 2.37. The monoisotopic (exact) mass is 327 g/mol. The fourth-order valence-electron chi connectivity index (χ4n) is 2.74. The third-order valence-corrected chi connectivity index (χ3v) is 4.92. The largest absolute Gasteiger partial charge is 0.464 e. The molecule has 2 aromatic rings. The van der Waals surface area contributed by atoms with Gasteiger partial charge in [-0.15, -0.1) is 0 Å². The van der Waals surface area contributed by atoms with Gasteiger partial charge in [0.25, 0.3) is 0 Å². The van der Waals surface area contributed by atoms with Crippen molar-refractivity contribution >= 4 is 17.5 Å². The van der Waals surface area contributed by atoms with Gasteiger partial charge in [0.2, 0.25) is 0 Å². The summed E-state index contributed by atoms with van der Waals surface area (Å²) in [5, 5.41) is 10.3. The molecule has 3 heterocycles. The normalized spacial score (nSPS) is 14.3. The van der Waals surface area contributed by atoms with Crippen molar-refractivity contribution in [2.45, 2.75) is 24.9 Å². The Morgan fingerprint density at radius 3 is 3.04 bits per heavy atom. The van der Waals surface area contributed by atoms with E-state index in [1.54, 1.807) is 13.2 Å². The number of nitriles is 1. The van der Waals surface area contributed by atoms with Crippen LogP contribution in [0.2, 0.25) is 0 Å². The molecule has 2 aromatic heterocycles. The van der Waals surface area contributed by atoms with Crippen molar-refractivity contribution in [2.75, 3.05) is 19.3 Å². The Hall–Kier alpha value is -2.10. The van der Waals surface area contributed by atoms with Crippen LogP contribution in [0.15, 0.2) is 27.8 Å². The van der Waals surface area contributed by atoms with Gasteiger partial charge in [0.1, 0.15) is 22.6 Å². The maximum absolute atomic E-state index is 11.3. The predicted molar refractivity (Wildman–Crippen MR) is 88.1 cm³/mol. The Bertz CT molecular complexity index is 778. The van der Waals surface area contributed by atoms with E-state index in [1.807, 2.05) is 12.1 Å². The summed E-state index contributed by atoms with van der Waals surface area (Å²) < 4.78 is 5.57. The van der Waals surface area contributed by atoms with Crippen molar-refractivity contribution in [1.29, 1.82) is 5.26 Å². The van der Waals surface area contributed by atoms with Gasteiger partial charge in [-0.2, -0.15) is 5.26 Å². The van der Waals surface area contributed by atoms with Crippen molar-refractivity contribution in [3.05, 3.63) is 35.2 Å². The lowest BCUT2D eigenvalue weighted by molar-refractivity contribution is -0.114. The van der Waals surface area contributed by atoms with Crippen molar-refractivity contribution in [2.24, 2.45) is 0 Å². The van der Waals surface area contributed by atoms with E-state index in [-0.39, 0.29) is 5.78 Å². The van der Waals surface area contributed by atoms with Crippen molar-refractivity contribution in [3.63, 3.8) is 0 Å². The number of pyridine rings is 1. The zero-order chi connectivity index (χ0) is 16.4. The second kappa shape index (κ2) is 6.57. The fraction of sp³-hybridized carbons (Fsp3) is 0.353. The molecule has 0 N–H and O–H groups in total. The topological polar surface area (TPSA) is 70.1 Å². The van der Waals surface area contributed by atoms with Gasteiger partial charge in [0.05, 0.1) is 17.6 Å². The quantitative estimate of drug-likeness (QED) is 0.804. The number of hydrogen-bond donors (Lipinski definition) is 0. The lowest BCUT2D eigenvalue weighted by Crippen LogP contribution is -2.28. The van der Waals surface area contributed by atoms with Gasteiger partial charge in [0.15, 0.2) is 0 Å². The smallest absolute Gasteiger partial charge is 0.140 e. The minimum absolute atomic E-state index is 0.0673. The molecule has 23 heavy (non-hydrogen) atoms. The Labute approximate surface area is 139 Å².